The highest BCUT2D eigenvalue weighted by Crippen LogP contribution is 2.08. The second kappa shape index (κ2) is 12.0. The largest absolute Gasteiger partial charge is 0.480 e. The zero-order valence-electron chi connectivity index (χ0n) is 18.1. The van der Waals surface area contributed by atoms with Crippen molar-refractivity contribution in [2.45, 2.75) is 58.3 Å². The van der Waals surface area contributed by atoms with E-state index in [1.807, 2.05) is 0 Å². The van der Waals surface area contributed by atoms with Crippen molar-refractivity contribution in [3.8, 4) is 0 Å². The van der Waals surface area contributed by atoms with E-state index in [9.17, 15) is 19.2 Å². The summed E-state index contributed by atoms with van der Waals surface area (Å²) >= 11 is 0. The van der Waals surface area contributed by atoms with Gasteiger partial charge in [-0.1, -0.05) is 27.7 Å². The van der Waals surface area contributed by atoms with Gasteiger partial charge >= 0.3 is 5.97 Å². The van der Waals surface area contributed by atoms with Gasteiger partial charge in [0.05, 0.1) is 19.0 Å². The molecule has 0 spiro atoms. The van der Waals surface area contributed by atoms with Gasteiger partial charge in [-0.15, -0.1) is 0 Å². The van der Waals surface area contributed by atoms with Crippen LogP contribution < -0.4 is 21.7 Å². The zero-order chi connectivity index (χ0) is 23.7. The number of aromatic nitrogens is 2. The van der Waals surface area contributed by atoms with Gasteiger partial charge in [-0.05, 0) is 11.8 Å². The average Bonchev–Trinajstić information content (AvgIpc) is 3.19. The lowest BCUT2D eigenvalue weighted by molar-refractivity contribution is -0.143. The highest BCUT2D eigenvalue weighted by atomic mass is 16.4. The van der Waals surface area contributed by atoms with Crippen molar-refractivity contribution in [1.29, 1.82) is 0 Å². The quantitative estimate of drug-likeness (QED) is 0.196. The molecule has 1 heterocycles. The van der Waals surface area contributed by atoms with E-state index in [1.54, 1.807) is 33.9 Å². The smallest absolute Gasteiger partial charge is 0.328 e. The number of rotatable bonds is 12. The number of nitrogens with zero attached hydrogens (tertiary/aromatic N) is 1. The maximum absolute atomic E-state index is 12.8. The second-order valence-electron chi connectivity index (χ2n) is 7.93. The number of aromatic amines is 1. The summed E-state index contributed by atoms with van der Waals surface area (Å²) in [5, 5.41) is 25.5. The Bertz CT molecular complexity index is 751. The van der Waals surface area contributed by atoms with E-state index in [1.165, 1.54) is 6.33 Å². The summed E-state index contributed by atoms with van der Waals surface area (Å²) in [6, 6.07) is -4.45. The lowest BCUT2D eigenvalue weighted by atomic mass is 9.99. The third-order valence-electron chi connectivity index (χ3n) is 4.62. The van der Waals surface area contributed by atoms with Gasteiger partial charge in [0.25, 0.3) is 0 Å². The number of carboxylic acid groups (broad SMARTS) is 1. The number of aliphatic hydroxyl groups is 1. The van der Waals surface area contributed by atoms with Gasteiger partial charge in [0.2, 0.25) is 17.7 Å². The van der Waals surface area contributed by atoms with Gasteiger partial charge < -0.3 is 36.9 Å². The Morgan fingerprint density at radius 3 is 1.94 bits per heavy atom. The molecule has 0 saturated carbocycles. The van der Waals surface area contributed by atoms with Gasteiger partial charge in [-0.3, -0.25) is 14.4 Å². The first-order valence-electron chi connectivity index (χ1n) is 9.95. The fraction of sp³-hybridized carbons (Fsp3) is 0.632. The highest BCUT2D eigenvalue weighted by Gasteiger charge is 2.32. The molecule has 12 nitrogen and oxygen atoms in total. The van der Waals surface area contributed by atoms with Crippen molar-refractivity contribution in [1.82, 2.24) is 25.9 Å². The van der Waals surface area contributed by atoms with E-state index in [0.717, 1.165) is 0 Å². The minimum absolute atomic E-state index is 0.201. The summed E-state index contributed by atoms with van der Waals surface area (Å²) in [7, 11) is 0. The molecule has 0 aliphatic rings. The number of nitrogens with one attached hydrogen (secondary N) is 4. The van der Waals surface area contributed by atoms with Crippen LogP contribution >= 0.6 is 0 Å². The molecule has 0 saturated heterocycles. The molecule has 0 aliphatic heterocycles. The number of hydrogen-bond donors (Lipinski definition) is 7. The molecule has 1 aromatic rings. The maximum atomic E-state index is 12.8. The molecule has 8 N–H and O–H groups in total. The number of imidazole rings is 1. The molecule has 0 bridgehead atoms. The molecule has 31 heavy (non-hydrogen) atoms. The first-order valence-corrected chi connectivity index (χ1v) is 9.95. The summed E-state index contributed by atoms with van der Waals surface area (Å²) in [4.78, 5) is 55.5. The molecule has 1 aromatic heterocycles. The molecular formula is C19H32N6O6. The summed E-state index contributed by atoms with van der Waals surface area (Å²) in [5.41, 5.74) is 6.59. The Hall–Kier alpha value is -2.99. The predicted octanol–water partition coefficient (Wildman–Crippen LogP) is -1.88. The van der Waals surface area contributed by atoms with E-state index < -0.39 is 54.5 Å². The van der Waals surface area contributed by atoms with Crippen LogP contribution in [0.3, 0.4) is 0 Å². The standard InChI is InChI=1S/C19H32N6O6/c1-9(2)14(17(28)23-13(7-26)19(30)31)25-18(29)15(10(3)4)24-16(27)12(20)5-11-6-21-8-22-11/h6,8-10,12-15,26H,5,7,20H2,1-4H3,(H,21,22)(H,23,28)(H,24,27)(H,25,29)(H,30,31). The number of aliphatic carboxylic acids is 1. The van der Waals surface area contributed by atoms with E-state index in [2.05, 4.69) is 25.9 Å². The van der Waals surface area contributed by atoms with Crippen LogP contribution in [0, 0.1) is 11.8 Å². The first-order chi connectivity index (χ1) is 14.5. The Labute approximate surface area is 180 Å². The van der Waals surface area contributed by atoms with Crippen molar-refractivity contribution in [2.24, 2.45) is 17.6 Å². The van der Waals surface area contributed by atoms with Crippen LogP contribution in [0.4, 0.5) is 0 Å². The van der Waals surface area contributed by atoms with Crippen molar-refractivity contribution in [3.05, 3.63) is 18.2 Å². The van der Waals surface area contributed by atoms with Crippen LogP contribution in [0.1, 0.15) is 33.4 Å². The van der Waals surface area contributed by atoms with Gasteiger partial charge in [-0.25, -0.2) is 9.78 Å². The zero-order valence-corrected chi connectivity index (χ0v) is 18.1. The molecule has 0 fully saturated rings. The van der Waals surface area contributed by atoms with Crippen molar-refractivity contribution >= 4 is 23.7 Å². The van der Waals surface area contributed by atoms with Gasteiger partial charge in [0, 0.05) is 18.3 Å². The topological polar surface area (TPSA) is 200 Å². The molecule has 4 unspecified atom stereocenters. The molecule has 1 rings (SSSR count). The van der Waals surface area contributed by atoms with E-state index in [0.29, 0.717) is 5.69 Å². The Kier molecular flexibility index (Phi) is 10.1. The number of hydrogen-bond acceptors (Lipinski definition) is 7. The highest BCUT2D eigenvalue weighted by molar-refractivity contribution is 5.94. The van der Waals surface area contributed by atoms with Crippen molar-refractivity contribution in [3.63, 3.8) is 0 Å². The predicted molar refractivity (Wildman–Crippen MR) is 110 cm³/mol. The van der Waals surface area contributed by atoms with Crippen LogP contribution in [0.25, 0.3) is 0 Å². The first kappa shape index (κ1) is 26.0. The Balaban J connectivity index is 2.83. The third kappa shape index (κ3) is 7.98. The average molecular weight is 441 g/mol. The molecule has 3 amide bonds. The number of aliphatic hydroxyl groups excluding tert-OH is 1. The monoisotopic (exact) mass is 440 g/mol. The van der Waals surface area contributed by atoms with Gasteiger partial charge in [0.1, 0.15) is 18.1 Å². The van der Waals surface area contributed by atoms with Gasteiger partial charge in [0.15, 0.2) is 0 Å². The van der Waals surface area contributed by atoms with E-state index in [4.69, 9.17) is 15.9 Å². The third-order valence-corrected chi connectivity index (χ3v) is 4.62. The molecule has 4 atom stereocenters. The molecule has 0 radical (unpaired) electrons. The number of carbonyl (C=O) groups is 4. The van der Waals surface area contributed by atoms with Crippen LogP contribution in [0.2, 0.25) is 0 Å². The summed E-state index contributed by atoms with van der Waals surface area (Å²) < 4.78 is 0. The van der Waals surface area contributed by atoms with Crippen molar-refractivity contribution < 1.29 is 29.4 Å². The van der Waals surface area contributed by atoms with Crippen LogP contribution in [-0.2, 0) is 25.6 Å². The number of H-pyrrole nitrogens is 1. The summed E-state index contributed by atoms with van der Waals surface area (Å²) in [6.07, 6.45) is 3.21. The van der Waals surface area contributed by atoms with E-state index in [-0.39, 0.29) is 18.3 Å². The van der Waals surface area contributed by atoms with E-state index >= 15 is 0 Å². The number of carboxylic acids is 1. The minimum Gasteiger partial charge on any atom is -0.480 e. The molecule has 0 aromatic carbocycles. The summed E-state index contributed by atoms with van der Waals surface area (Å²) in [5.74, 6) is -4.01. The van der Waals surface area contributed by atoms with Crippen LogP contribution in [-0.4, -0.2) is 74.6 Å². The SMILES string of the molecule is CC(C)C(NC(=O)C(N)Cc1cnc[nH]1)C(=O)NC(C(=O)NC(CO)C(=O)O)C(C)C. The van der Waals surface area contributed by atoms with Crippen molar-refractivity contribution in [2.75, 3.05) is 6.61 Å². The maximum Gasteiger partial charge on any atom is 0.328 e. The molecule has 12 heteroatoms. The minimum atomic E-state index is -1.49. The normalized spacial score (nSPS) is 15.1. The fourth-order valence-corrected chi connectivity index (χ4v) is 2.75. The number of carbonyl (C=O) groups excluding carboxylic acids is 3. The molecule has 174 valence electrons. The Morgan fingerprint density at radius 1 is 1.00 bits per heavy atom. The fourth-order valence-electron chi connectivity index (χ4n) is 2.75. The second-order valence-corrected chi connectivity index (χ2v) is 7.93. The molecular weight excluding hydrogens is 408 g/mol. The Morgan fingerprint density at radius 2 is 1.52 bits per heavy atom. The number of amides is 3. The van der Waals surface area contributed by atoms with Crippen LogP contribution in [0.15, 0.2) is 12.5 Å². The lowest BCUT2D eigenvalue weighted by Gasteiger charge is -2.28. The number of nitrogens with two attached hydrogens (primary N) is 1. The summed E-state index contributed by atoms with van der Waals surface area (Å²) in [6.45, 7) is 5.99. The van der Waals surface area contributed by atoms with Gasteiger partial charge in [-0.2, -0.15) is 0 Å². The van der Waals surface area contributed by atoms with Crippen LogP contribution in [0.5, 0.6) is 0 Å². The molecule has 0 aliphatic carbocycles. The lowest BCUT2D eigenvalue weighted by Crippen LogP contribution is -2.60.